The summed E-state index contributed by atoms with van der Waals surface area (Å²) in [6, 6.07) is -3.92. The first-order valence-electron chi connectivity index (χ1n) is 11.6. The molecule has 0 saturated heterocycles. The maximum Gasteiger partial charge on any atom is 0.326 e. The number of nitrogens with zero attached hydrogens (tertiary/aromatic N) is 1. The number of nitrogens with one attached hydrogen (secondary N) is 3. The normalized spacial score (nSPS) is 15.2. The van der Waals surface area contributed by atoms with Crippen LogP contribution in [0.25, 0.3) is 0 Å². The molecular weight excluding hydrogens is 444 g/mol. The molecule has 5 atom stereocenters. The van der Waals surface area contributed by atoms with Crippen LogP contribution in [0.3, 0.4) is 0 Å². The van der Waals surface area contributed by atoms with Gasteiger partial charge in [-0.15, -0.1) is 0 Å². The van der Waals surface area contributed by atoms with Crippen LogP contribution in [0, 0.1) is 5.92 Å². The van der Waals surface area contributed by atoms with Crippen LogP contribution in [0.1, 0.15) is 59.3 Å². The third-order valence-corrected chi connectivity index (χ3v) is 5.35. The van der Waals surface area contributed by atoms with Gasteiger partial charge in [0.2, 0.25) is 17.7 Å². The summed E-state index contributed by atoms with van der Waals surface area (Å²) in [5, 5.41) is 17.2. The zero-order chi connectivity index (χ0) is 26.3. The number of aliphatic carboxylic acids is 1. The molecule has 12 N–H and O–H groups in total. The molecule has 0 aromatic carbocycles. The molecular formula is C21H42N8O5. The van der Waals surface area contributed by atoms with E-state index < -0.39 is 47.9 Å². The lowest BCUT2D eigenvalue weighted by Gasteiger charge is -2.28. The highest BCUT2D eigenvalue weighted by Gasteiger charge is 2.32. The molecule has 0 unspecified atom stereocenters. The first kappa shape index (κ1) is 31.1. The molecule has 0 aliphatic rings. The van der Waals surface area contributed by atoms with Crippen molar-refractivity contribution in [2.75, 3.05) is 13.1 Å². The summed E-state index contributed by atoms with van der Waals surface area (Å²) in [5.41, 5.74) is 21.7. The number of aliphatic imine (C=N–C) groups is 1. The zero-order valence-electron chi connectivity index (χ0n) is 20.4. The summed E-state index contributed by atoms with van der Waals surface area (Å²) in [6.45, 7) is 5.76. The summed E-state index contributed by atoms with van der Waals surface area (Å²) >= 11 is 0. The summed E-state index contributed by atoms with van der Waals surface area (Å²) < 4.78 is 0. The van der Waals surface area contributed by atoms with Gasteiger partial charge < -0.3 is 44.0 Å². The lowest BCUT2D eigenvalue weighted by molar-refractivity contribution is -0.143. The summed E-state index contributed by atoms with van der Waals surface area (Å²) in [5.74, 6) is -3.28. The van der Waals surface area contributed by atoms with E-state index in [4.69, 9.17) is 22.9 Å². The Morgan fingerprint density at radius 3 is 1.97 bits per heavy atom. The van der Waals surface area contributed by atoms with Crippen molar-refractivity contribution in [2.45, 2.75) is 83.5 Å². The zero-order valence-corrected chi connectivity index (χ0v) is 20.4. The molecule has 13 heteroatoms. The maximum atomic E-state index is 13.0. The van der Waals surface area contributed by atoms with Gasteiger partial charge in [0.1, 0.15) is 18.1 Å². The number of hydrogen-bond acceptors (Lipinski definition) is 7. The molecule has 0 aromatic heterocycles. The van der Waals surface area contributed by atoms with E-state index in [0.717, 1.165) is 0 Å². The molecule has 0 rings (SSSR count). The molecule has 0 aromatic rings. The van der Waals surface area contributed by atoms with E-state index in [1.807, 2.05) is 6.92 Å². The second-order valence-electron chi connectivity index (χ2n) is 8.35. The molecule has 0 aliphatic heterocycles. The third kappa shape index (κ3) is 12.3. The fraction of sp³-hybridized carbons (Fsp3) is 0.762. The number of unbranched alkanes of at least 4 members (excludes halogenated alkanes) is 1. The summed E-state index contributed by atoms with van der Waals surface area (Å²) in [6.07, 6.45) is 2.52. The van der Waals surface area contributed by atoms with Gasteiger partial charge in [0.15, 0.2) is 5.96 Å². The van der Waals surface area contributed by atoms with Gasteiger partial charge in [-0.2, -0.15) is 0 Å². The predicted molar refractivity (Wildman–Crippen MR) is 129 cm³/mol. The number of amides is 3. The third-order valence-electron chi connectivity index (χ3n) is 5.35. The van der Waals surface area contributed by atoms with Crippen LogP contribution < -0.4 is 38.9 Å². The molecule has 0 radical (unpaired) electrons. The summed E-state index contributed by atoms with van der Waals surface area (Å²) in [4.78, 5) is 53.5. The highest BCUT2D eigenvalue weighted by Crippen LogP contribution is 2.11. The van der Waals surface area contributed by atoms with Crippen molar-refractivity contribution in [3.8, 4) is 0 Å². The SMILES string of the molecule is CC[C@H](C)[C@H](NC(=O)[C@H](CCCN=C(N)N)NC(=O)[C@H](C)N)C(=O)N[C@@H](CCCCN)C(=O)O. The average Bonchev–Trinajstić information content (AvgIpc) is 2.77. The summed E-state index contributed by atoms with van der Waals surface area (Å²) in [7, 11) is 0. The molecule has 0 fully saturated rings. The number of carbonyl (C=O) groups excluding carboxylic acids is 3. The molecule has 196 valence electrons. The lowest BCUT2D eigenvalue weighted by Crippen LogP contribution is -2.58. The highest BCUT2D eigenvalue weighted by molar-refractivity contribution is 5.94. The van der Waals surface area contributed by atoms with Crippen LogP contribution in [-0.4, -0.2) is 72.0 Å². The number of rotatable bonds is 17. The smallest absolute Gasteiger partial charge is 0.326 e. The Labute approximate surface area is 200 Å². The maximum absolute atomic E-state index is 13.0. The predicted octanol–water partition coefficient (Wildman–Crippen LogP) is -1.90. The minimum atomic E-state index is -1.17. The highest BCUT2D eigenvalue weighted by atomic mass is 16.4. The molecule has 3 amide bonds. The van der Waals surface area contributed by atoms with Crippen LogP contribution in [-0.2, 0) is 19.2 Å². The quantitative estimate of drug-likeness (QED) is 0.0649. The monoisotopic (exact) mass is 486 g/mol. The molecule has 0 spiro atoms. The number of guanidine groups is 1. The number of nitrogens with two attached hydrogens (primary N) is 4. The molecule has 0 aliphatic carbocycles. The van der Waals surface area contributed by atoms with Crippen LogP contribution in [0.2, 0.25) is 0 Å². The van der Waals surface area contributed by atoms with Gasteiger partial charge in [-0.3, -0.25) is 19.4 Å². The standard InChI is InChI=1S/C21H42N8O5/c1-4-12(2)16(19(32)28-15(20(33)34)8-5-6-10-22)29-18(31)14(27-17(30)13(3)23)9-7-11-26-21(24)25/h12-16H,4-11,22-23H2,1-3H3,(H,27,30)(H,28,32)(H,29,31)(H,33,34)(H4,24,25,26)/t12-,13-,14-,15-,16-/m0/s1. The van der Waals surface area contributed by atoms with Crippen molar-refractivity contribution in [1.29, 1.82) is 0 Å². The number of hydrogen-bond donors (Lipinski definition) is 8. The van der Waals surface area contributed by atoms with E-state index in [1.165, 1.54) is 6.92 Å². The second-order valence-corrected chi connectivity index (χ2v) is 8.35. The Kier molecular flexibility index (Phi) is 15.2. The van der Waals surface area contributed by atoms with Crippen molar-refractivity contribution in [1.82, 2.24) is 16.0 Å². The van der Waals surface area contributed by atoms with Crippen molar-refractivity contribution in [3.63, 3.8) is 0 Å². The van der Waals surface area contributed by atoms with Crippen molar-refractivity contribution in [2.24, 2.45) is 33.8 Å². The molecule has 13 nitrogen and oxygen atoms in total. The number of carbonyl (C=O) groups is 4. The van der Waals surface area contributed by atoms with Crippen LogP contribution >= 0.6 is 0 Å². The van der Waals surface area contributed by atoms with Crippen LogP contribution in [0.4, 0.5) is 0 Å². The van der Waals surface area contributed by atoms with E-state index >= 15 is 0 Å². The van der Waals surface area contributed by atoms with E-state index in [1.54, 1.807) is 6.92 Å². The van der Waals surface area contributed by atoms with Crippen molar-refractivity contribution in [3.05, 3.63) is 0 Å². The molecule has 0 bridgehead atoms. The van der Waals surface area contributed by atoms with Gasteiger partial charge in [0, 0.05) is 6.54 Å². The lowest BCUT2D eigenvalue weighted by atomic mass is 9.96. The minimum absolute atomic E-state index is 0.0893. The van der Waals surface area contributed by atoms with E-state index in [-0.39, 0.29) is 31.3 Å². The molecule has 0 saturated carbocycles. The molecule has 0 heterocycles. The van der Waals surface area contributed by atoms with Gasteiger partial charge in [-0.1, -0.05) is 20.3 Å². The Hall–Kier alpha value is -2.93. The van der Waals surface area contributed by atoms with Gasteiger partial charge in [-0.25, -0.2) is 4.79 Å². The van der Waals surface area contributed by atoms with Crippen molar-refractivity contribution >= 4 is 29.7 Å². The topological polar surface area (TPSA) is 241 Å². The van der Waals surface area contributed by atoms with Crippen LogP contribution in [0.5, 0.6) is 0 Å². The number of carboxylic acid groups (broad SMARTS) is 1. The fourth-order valence-electron chi connectivity index (χ4n) is 3.04. The van der Waals surface area contributed by atoms with E-state index in [2.05, 4.69) is 20.9 Å². The Bertz CT molecular complexity index is 697. The second kappa shape index (κ2) is 16.6. The molecule has 34 heavy (non-hydrogen) atoms. The van der Waals surface area contributed by atoms with E-state index in [0.29, 0.717) is 32.2 Å². The first-order valence-corrected chi connectivity index (χ1v) is 11.6. The van der Waals surface area contributed by atoms with Crippen LogP contribution in [0.15, 0.2) is 4.99 Å². The van der Waals surface area contributed by atoms with Gasteiger partial charge in [0.25, 0.3) is 0 Å². The van der Waals surface area contributed by atoms with Gasteiger partial charge >= 0.3 is 5.97 Å². The minimum Gasteiger partial charge on any atom is -0.480 e. The number of carboxylic acids is 1. The fourth-order valence-corrected chi connectivity index (χ4v) is 3.04. The first-order chi connectivity index (χ1) is 15.9. The Balaban J connectivity index is 5.47. The van der Waals surface area contributed by atoms with Gasteiger partial charge in [-0.05, 0) is 51.5 Å². The Morgan fingerprint density at radius 1 is 0.882 bits per heavy atom. The Morgan fingerprint density at radius 2 is 1.47 bits per heavy atom. The largest absolute Gasteiger partial charge is 0.480 e. The van der Waals surface area contributed by atoms with Crippen molar-refractivity contribution < 1.29 is 24.3 Å². The van der Waals surface area contributed by atoms with Gasteiger partial charge in [0.05, 0.1) is 6.04 Å². The van der Waals surface area contributed by atoms with E-state index in [9.17, 15) is 24.3 Å². The average molecular weight is 487 g/mol.